The predicted octanol–water partition coefficient (Wildman–Crippen LogP) is 7.38. The van der Waals surface area contributed by atoms with Crippen LogP contribution in [-0.4, -0.2) is 46.3 Å². The number of thiophene rings is 1. The van der Waals surface area contributed by atoms with Gasteiger partial charge in [0.2, 0.25) is 5.91 Å². The minimum Gasteiger partial charge on any atom is -0.490 e. The van der Waals surface area contributed by atoms with Gasteiger partial charge in [-0.2, -0.15) is 0 Å². The second-order valence-corrected chi connectivity index (χ2v) is 14.0. The molecule has 3 aliphatic rings. The average Bonchev–Trinajstić information content (AvgIpc) is 3.45. The highest BCUT2D eigenvalue weighted by atomic mass is 32.2. The number of thioether (sulfide) groups is 1. The number of thiocarbonyl (C=S) groups is 1. The first-order valence-electron chi connectivity index (χ1n) is 15.0. The molecule has 0 spiro atoms. The summed E-state index contributed by atoms with van der Waals surface area (Å²) in [6, 6.07) is 7.83. The first-order chi connectivity index (χ1) is 20.3. The molecule has 0 bridgehead atoms. The van der Waals surface area contributed by atoms with Crippen LogP contribution >= 0.6 is 35.3 Å². The van der Waals surface area contributed by atoms with Crippen molar-refractivity contribution < 1.29 is 23.9 Å². The second-order valence-electron chi connectivity index (χ2n) is 11.2. The van der Waals surface area contributed by atoms with Crippen molar-refractivity contribution in [2.24, 2.45) is 5.92 Å². The highest BCUT2D eigenvalue weighted by Gasteiger charge is 2.32. The van der Waals surface area contributed by atoms with E-state index in [2.05, 4.69) is 12.2 Å². The maximum atomic E-state index is 13.1. The van der Waals surface area contributed by atoms with Crippen molar-refractivity contribution in [1.29, 1.82) is 0 Å². The Morgan fingerprint density at radius 2 is 1.90 bits per heavy atom. The maximum Gasteiger partial charge on any atom is 0.341 e. The highest BCUT2D eigenvalue weighted by molar-refractivity contribution is 8.26. The van der Waals surface area contributed by atoms with E-state index in [1.807, 2.05) is 30.3 Å². The van der Waals surface area contributed by atoms with Crippen molar-refractivity contribution in [3.8, 4) is 5.75 Å². The summed E-state index contributed by atoms with van der Waals surface area (Å²) < 4.78 is 11.9. The number of carbonyl (C=O) groups is 3. The number of ether oxygens (including phenoxy) is 2. The Balaban J connectivity index is 1.14. The summed E-state index contributed by atoms with van der Waals surface area (Å²) in [6.07, 6.45) is 11.5. The molecule has 1 N–H and O–H groups in total. The summed E-state index contributed by atoms with van der Waals surface area (Å²) in [5, 5.41) is 3.53. The van der Waals surface area contributed by atoms with E-state index in [1.54, 1.807) is 11.8 Å². The first-order valence-corrected chi connectivity index (χ1v) is 17.0. The van der Waals surface area contributed by atoms with Gasteiger partial charge in [0, 0.05) is 17.8 Å². The number of nitrogens with one attached hydrogen (secondary N) is 1. The van der Waals surface area contributed by atoms with Gasteiger partial charge < -0.3 is 14.8 Å². The number of nitrogens with zero attached hydrogens (tertiary/aromatic N) is 1. The van der Waals surface area contributed by atoms with Crippen LogP contribution < -0.4 is 10.1 Å². The van der Waals surface area contributed by atoms with Gasteiger partial charge in [-0.15, -0.1) is 11.3 Å². The summed E-state index contributed by atoms with van der Waals surface area (Å²) in [7, 11) is 0. The third-order valence-electron chi connectivity index (χ3n) is 7.94. The molecular weight excluding hydrogens is 589 g/mol. The number of carbonyl (C=O) groups excluding carboxylic acids is 3. The number of hydrogen-bond donors (Lipinski definition) is 1. The largest absolute Gasteiger partial charge is 0.490 e. The standard InChI is InChI=1S/C32H38N2O5S3/c1-3-38-31(37)28-24-16-11-20(2)18-25(24)41-29(28)33-27(35)10-7-17-34-30(36)26(42-32(34)40)19-21-12-14-23(15-13-21)39-22-8-5-4-6-9-22/h12-15,19-20,22H,3-11,16-18H2,1-2H3,(H,33,35)/b26-19-. The SMILES string of the molecule is CCOC(=O)c1c(NC(=O)CCCN2C(=O)/C(=C/c3ccc(OC4CCCCC4)cc3)SC2=S)sc2c1CCC(C)C2. The van der Waals surface area contributed by atoms with Crippen molar-refractivity contribution >= 4 is 68.5 Å². The molecule has 2 heterocycles. The van der Waals surface area contributed by atoms with Gasteiger partial charge in [0.1, 0.15) is 15.1 Å². The van der Waals surface area contributed by atoms with E-state index in [0.717, 1.165) is 53.9 Å². The van der Waals surface area contributed by atoms with Crippen LogP contribution in [0.2, 0.25) is 0 Å². The summed E-state index contributed by atoms with van der Waals surface area (Å²) >= 11 is 8.26. The fraction of sp³-hybridized carbons (Fsp3) is 0.500. The molecule has 1 unspecified atom stereocenters. The molecule has 1 saturated heterocycles. The van der Waals surface area contributed by atoms with E-state index < -0.39 is 0 Å². The average molecular weight is 627 g/mol. The number of rotatable bonds is 10. The topological polar surface area (TPSA) is 84.9 Å². The van der Waals surface area contributed by atoms with Gasteiger partial charge in [-0.1, -0.05) is 49.5 Å². The van der Waals surface area contributed by atoms with Crippen LogP contribution in [0.5, 0.6) is 5.75 Å². The zero-order valence-corrected chi connectivity index (χ0v) is 26.7. The Kier molecular flexibility index (Phi) is 10.4. The molecular formula is C32H38N2O5S3. The highest BCUT2D eigenvalue weighted by Crippen LogP contribution is 2.40. The number of esters is 1. The molecule has 1 aromatic carbocycles. The van der Waals surface area contributed by atoms with Crippen molar-refractivity contribution in [3.05, 3.63) is 50.7 Å². The normalized spacial score (nSPS) is 20.1. The Morgan fingerprint density at radius 3 is 2.64 bits per heavy atom. The van der Waals surface area contributed by atoms with E-state index in [1.165, 1.54) is 42.4 Å². The van der Waals surface area contributed by atoms with Crippen LogP contribution in [-0.2, 0) is 27.2 Å². The molecule has 1 aromatic heterocycles. The minimum absolute atomic E-state index is 0.141. The van der Waals surface area contributed by atoms with Gasteiger partial charge in [0.25, 0.3) is 5.91 Å². The monoisotopic (exact) mass is 626 g/mol. The van der Waals surface area contributed by atoms with Crippen molar-refractivity contribution in [2.75, 3.05) is 18.5 Å². The predicted molar refractivity (Wildman–Crippen MR) is 173 cm³/mol. The van der Waals surface area contributed by atoms with Gasteiger partial charge >= 0.3 is 5.97 Å². The quantitative estimate of drug-likeness (QED) is 0.167. The van der Waals surface area contributed by atoms with Gasteiger partial charge in [-0.3, -0.25) is 14.5 Å². The maximum absolute atomic E-state index is 13.1. The van der Waals surface area contributed by atoms with Crippen LogP contribution in [0.25, 0.3) is 6.08 Å². The number of benzene rings is 1. The fourth-order valence-electron chi connectivity index (χ4n) is 5.71. The van der Waals surface area contributed by atoms with Crippen molar-refractivity contribution in [2.45, 2.75) is 84.2 Å². The van der Waals surface area contributed by atoms with Gasteiger partial charge in [-0.05, 0) is 93.5 Å². The molecule has 42 heavy (non-hydrogen) atoms. The van der Waals surface area contributed by atoms with Crippen LogP contribution in [0.4, 0.5) is 5.00 Å². The third kappa shape index (κ3) is 7.44. The number of anilines is 1. The molecule has 224 valence electrons. The number of amides is 2. The fourth-order valence-corrected chi connectivity index (χ4v) is 8.43. The molecule has 0 radical (unpaired) electrons. The zero-order chi connectivity index (χ0) is 29.6. The van der Waals surface area contributed by atoms with Crippen molar-refractivity contribution in [1.82, 2.24) is 4.90 Å². The van der Waals surface area contributed by atoms with Crippen LogP contribution in [0, 0.1) is 5.92 Å². The summed E-state index contributed by atoms with van der Waals surface area (Å²) in [5.74, 6) is 0.696. The molecule has 2 fully saturated rings. The molecule has 1 aliphatic heterocycles. The van der Waals surface area contributed by atoms with E-state index >= 15 is 0 Å². The summed E-state index contributed by atoms with van der Waals surface area (Å²) in [6.45, 7) is 4.62. The lowest BCUT2D eigenvalue weighted by atomic mass is 9.88. The number of fused-ring (bicyclic) bond motifs is 1. The zero-order valence-electron chi connectivity index (χ0n) is 24.2. The summed E-state index contributed by atoms with van der Waals surface area (Å²) in [4.78, 5) is 42.0. The molecule has 1 saturated carbocycles. The Morgan fingerprint density at radius 1 is 1.14 bits per heavy atom. The Labute approximate surface area is 261 Å². The van der Waals surface area contributed by atoms with Crippen LogP contribution in [0.3, 0.4) is 0 Å². The van der Waals surface area contributed by atoms with Gasteiger partial charge in [0.05, 0.1) is 23.2 Å². The van der Waals surface area contributed by atoms with E-state index in [4.69, 9.17) is 21.7 Å². The smallest absolute Gasteiger partial charge is 0.341 e. The van der Waals surface area contributed by atoms with Gasteiger partial charge in [0.15, 0.2) is 0 Å². The molecule has 5 rings (SSSR count). The van der Waals surface area contributed by atoms with E-state index in [0.29, 0.717) is 44.8 Å². The summed E-state index contributed by atoms with van der Waals surface area (Å²) in [5.41, 5.74) is 2.44. The Hall–Kier alpha value is -2.69. The molecule has 7 nitrogen and oxygen atoms in total. The van der Waals surface area contributed by atoms with Crippen LogP contribution in [0.15, 0.2) is 29.2 Å². The lowest BCUT2D eigenvalue weighted by Gasteiger charge is -2.22. The Bertz CT molecular complexity index is 1360. The lowest BCUT2D eigenvalue weighted by molar-refractivity contribution is -0.122. The first kappa shape index (κ1) is 30.8. The number of hydrogen-bond acceptors (Lipinski definition) is 8. The molecule has 2 amide bonds. The molecule has 2 aliphatic carbocycles. The van der Waals surface area contributed by atoms with Gasteiger partial charge in [-0.25, -0.2) is 4.79 Å². The lowest BCUT2D eigenvalue weighted by Crippen LogP contribution is -2.29. The van der Waals surface area contributed by atoms with E-state index in [-0.39, 0.29) is 30.8 Å². The third-order valence-corrected chi connectivity index (χ3v) is 10.5. The van der Waals surface area contributed by atoms with Crippen LogP contribution in [0.1, 0.15) is 91.6 Å². The molecule has 1 atom stereocenters. The second kappa shape index (κ2) is 14.2. The molecule has 2 aromatic rings. The van der Waals surface area contributed by atoms with Crippen molar-refractivity contribution in [3.63, 3.8) is 0 Å². The minimum atomic E-state index is -0.379. The van der Waals surface area contributed by atoms with E-state index in [9.17, 15) is 14.4 Å². The molecule has 10 heteroatoms.